The molecule has 0 radical (unpaired) electrons. The molecule has 1 aromatic heterocycles. The lowest BCUT2D eigenvalue weighted by atomic mass is 10.2. The molecule has 2 amide bonds. The van der Waals surface area contributed by atoms with E-state index in [2.05, 4.69) is 15.6 Å². The molecule has 4 nitrogen and oxygen atoms in total. The van der Waals surface area contributed by atoms with Gasteiger partial charge in [-0.05, 0) is 5.56 Å². The van der Waals surface area contributed by atoms with Crippen molar-refractivity contribution in [3.8, 4) is 0 Å². The summed E-state index contributed by atoms with van der Waals surface area (Å²) in [5, 5.41) is 4.92. The molecule has 0 aliphatic carbocycles. The Hall–Kier alpha value is -1.95. The summed E-state index contributed by atoms with van der Waals surface area (Å²) >= 11 is 0.788. The number of hydrogen-bond donors (Lipinski definition) is 2. The molecule has 2 N–H and O–H groups in total. The number of nitrogens with one attached hydrogen (secondary N) is 2. The molecule has 2 aromatic rings. The largest absolute Gasteiger partial charge is 0.334 e. The van der Waals surface area contributed by atoms with E-state index in [0.717, 1.165) is 23.1 Å². The molecule has 2 rings (SSSR count). The average molecular weight is 251 g/mol. The highest BCUT2D eigenvalue weighted by Crippen LogP contribution is 2.15. The van der Waals surface area contributed by atoms with Crippen molar-refractivity contribution in [2.45, 2.75) is 6.54 Å². The van der Waals surface area contributed by atoms with Gasteiger partial charge in [-0.2, -0.15) is 4.39 Å². The van der Waals surface area contributed by atoms with Crippen LogP contribution >= 0.6 is 11.3 Å². The predicted octanol–water partition coefficient (Wildman–Crippen LogP) is 2.60. The smallest absolute Gasteiger partial charge is 0.321 e. The lowest BCUT2D eigenvalue weighted by Crippen LogP contribution is -2.28. The summed E-state index contributed by atoms with van der Waals surface area (Å²) in [6.45, 7) is 0.417. The third-order valence-electron chi connectivity index (χ3n) is 1.99. The second-order valence-electron chi connectivity index (χ2n) is 3.26. The number of carbonyl (C=O) groups excluding carboxylic acids is 1. The zero-order valence-corrected chi connectivity index (χ0v) is 9.63. The van der Waals surface area contributed by atoms with Crippen LogP contribution in [-0.2, 0) is 6.54 Å². The number of anilines is 1. The molecule has 1 aromatic carbocycles. The van der Waals surface area contributed by atoms with Crippen LogP contribution in [0.5, 0.6) is 0 Å². The van der Waals surface area contributed by atoms with Crippen LogP contribution in [0.4, 0.5) is 14.3 Å². The Morgan fingerprint density at radius 1 is 1.35 bits per heavy atom. The molecule has 0 saturated heterocycles. The van der Waals surface area contributed by atoms with Crippen molar-refractivity contribution in [1.29, 1.82) is 0 Å². The first-order valence-corrected chi connectivity index (χ1v) is 5.76. The van der Waals surface area contributed by atoms with Crippen LogP contribution in [0.2, 0.25) is 0 Å². The van der Waals surface area contributed by atoms with Gasteiger partial charge in [-0.15, -0.1) is 0 Å². The zero-order chi connectivity index (χ0) is 12.1. The van der Waals surface area contributed by atoms with Gasteiger partial charge in [-0.25, -0.2) is 9.78 Å². The van der Waals surface area contributed by atoms with Crippen molar-refractivity contribution >= 4 is 22.5 Å². The quantitative estimate of drug-likeness (QED) is 0.881. The van der Waals surface area contributed by atoms with Crippen molar-refractivity contribution in [2.24, 2.45) is 0 Å². The number of hydrogen-bond acceptors (Lipinski definition) is 3. The highest BCUT2D eigenvalue weighted by molar-refractivity contribution is 7.14. The molecule has 0 bridgehead atoms. The standard InChI is InChI=1S/C11H10FN3OS/c12-9-7-14-11(17-9)15-10(16)13-6-8-4-2-1-3-5-8/h1-5,7H,6H2,(H2,13,14,15,16). The van der Waals surface area contributed by atoms with E-state index in [1.165, 1.54) is 0 Å². The lowest BCUT2D eigenvalue weighted by molar-refractivity contribution is 0.251. The summed E-state index contributed by atoms with van der Waals surface area (Å²) in [5.41, 5.74) is 0.993. The first-order chi connectivity index (χ1) is 8.24. The minimum Gasteiger partial charge on any atom is -0.334 e. The van der Waals surface area contributed by atoms with E-state index in [9.17, 15) is 9.18 Å². The number of urea groups is 1. The van der Waals surface area contributed by atoms with Gasteiger partial charge >= 0.3 is 6.03 Å². The fraction of sp³-hybridized carbons (Fsp3) is 0.0909. The molecule has 17 heavy (non-hydrogen) atoms. The Kier molecular flexibility index (Phi) is 3.66. The molecular formula is C11H10FN3OS. The molecule has 0 atom stereocenters. The summed E-state index contributed by atoms with van der Waals surface area (Å²) < 4.78 is 12.6. The molecule has 88 valence electrons. The van der Waals surface area contributed by atoms with Gasteiger partial charge in [0.25, 0.3) is 0 Å². The van der Waals surface area contributed by atoms with Gasteiger partial charge in [0.2, 0.25) is 0 Å². The van der Waals surface area contributed by atoms with Gasteiger partial charge in [0.05, 0.1) is 6.20 Å². The van der Waals surface area contributed by atoms with E-state index in [-0.39, 0.29) is 5.13 Å². The molecule has 1 heterocycles. The van der Waals surface area contributed by atoms with Crippen LogP contribution < -0.4 is 10.6 Å². The van der Waals surface area contributed by atoms with Gasteiger partial charge in [0.15, 0.2) is 10.3 Å². The summed E-state index contributed by atoms with van der Waals surface area (Å²) in [5.74, 6) is 0. The molecule has 0 aliphatic rings. The Morgan fingerprint density at radius 3 is 2.76 bits per heavy atom. The molecule has 0 aliphatic heterocycles. The van der Waals surface area contributed by atoms with Crippen LogP contribution in [-0.4, -0.2) is 11.0 Å². The number of carbonyl (C=O) groups is 1. The molecule has 0 saturated carbocycles. The molecule has 0 unspecified atom stereocenters. The fourth-order valence-electron chi connectivity index (χ4n) is 1.23. The number of amides is 2. The normalized spacial score (nSPS) is 9.94. The van der Waals surface area contributed by atoms with Crippen LogP contribution in [0, 0.1) is 5.13 Å². The third kappa shape index (κ3) is 3.53. The van der Waals surface area contributed by atoms with Crippen molar-refractivity contribution in [3.05, 3.63) is 47.2 Å². The van der Waals surface area contributed by atoms with E-state index in [1.54, 1.807) is 0 Å². The van der Waals surface area contributed by atoms with Gasteiger partial charge in [-0.1, -0.05) is 41.7 Å². The van der Waals surface area contributed by atoms with E-state index < -0.39 is 11.2 Å². The first-order valence-electron chi connectivity index (χ1n) is 4.94. The molecule has 0 fully saturated rings. The Balaban J connectivity index is 1.82. The topological polar surface area (TPSA) is 54.0 Å². The van der Waals surface area contributed by atoms with Crippen molar-refractivity contribution in [3.63, 3.8) is 0 Å². The van der Waals surface area contributed by atoms with Crippen LogP contribution in [0.3, 0.4) is 0 Å². The summed E-state index contributed by atoms with van der Waals surface area (Å²) in [6.07, 6.45) is 1.07. The predicted molar refractivity (Wildman–Crippen MR) is 64.4 cm³/mol. The minimum absolute atomic E-state index is 0.244. The van der Waals surface area contributed by atoms with Crippen LogP contribution in [0.15, 0.2) is 36.5 Å². The molecular weight excluding hydrogens is 241 g/mol. The maximum absolute atomic E-state index is 12.6. The average Bonchev–Trinajstić information content (AvgIpc) is 2.73. The Bertz CT molecular complexity index is 500. The van der Waals surface area contributed by atoms with Crippen molar-refractivity contribution in [1.82, 2.24) is 10.3 Å². The third-order valence-corrected chi connectivity index (χ3v) is 2.70. The Labute approximate surface area is 102 Å². The maximum Gasteiger partial charge on any atom is 0.321 e. The van der Waals surface area contributed by atoms with Gasteiger partial charge < -0.3 is 5.32 Å². The van der Waals surface area contributed by atoms with Gasteiger partial charge in [0.1, 0.15) is 0 Å². The number of benzene rings is 1. The highest BCUT2D eigenvalue weighted by atomic mass is 32.1. The van der Waals surface area contributed by atoms with E-state index in [0.29, 0.717) is 6.54 Å². The highest BCUT2D eigenvalue weighted by Gasteiger charge is 2.05. The summed E-state index contributed by atoms with van der Waals surface area (Å²) in [7, 11) is 0. The van der Waals surface area contributed by atoms with Crippen molar-refractivity contribution < 1.29 is 9.18 Å². The number of nitrogens with zero attached hydrogens (tertiary/aromatic N) is 1. The number of aromatic nitrogens is 1. The second-order valence-corrected chi connectivity index (χ2v) is 4.24. The lowest BCUT2D eigenvalue weighted by Gasteiger charge is -2.04. The first kappa shape index (κ1) is 11.5. The van der Waals surface area contributed by atoms with Gasteiger partial charge in [0, 0.05) is 6.54 Å². The van der Waals surface area contributed by atoms with E-state index in [4.69, 9.17) is 0 Å². The second kappa shape index (κ2) is 5.40. The number of thiazole rings is 1. The number of rotatable bonds is 3. The summed E-state index contributed by atoms with van der Waals surface area (Å²) in [6, 6.07) is 9.10. The van der Waals surface area contributed by atoms with E-state index in [1.807, 2.05) is 30.3 Å². The summed E-state index contributed by atoms with van der Waals surface area (Å²) in [4.78, 5) is 15.1. The fourth-order valence-corrected chi connectivity index (χ4v) is 1.77. The monoisotopic (exact) mass is 251 g/mol. The SMILES string of the molecule is O=C(NCc1ccccc1)Nc1ncc(F)s1. The van der Waals surface area contributed by atoms with E-state index >= 15 is 0 Å². The maximum atomic E-state index is 12.6. The zero-order valence-electron chi connectivity index (χ0n) is 8.81. The molecule has 6 heteroatoms. The van der Waals surface area contributed by atoms with Crippen molar-refractivity contribution in [2.75, 3.05) is 5.32 Å². The number of halogens is 1. The minimum atomic E-state index is -0.427. The Morgan fingerprint density at radius 2 is 2.12 bits per heavy atom. The molecule has 0 spiro atoms. The van der Waals surface area contributed by atoms with Crippen LogP contribution in [0.25, 0.3) is 0 Å². The van der Waals surface area contributed by atoms with Crippen LogP contribution in [0.1, 0.15) is 5.56 Å². The van der Waals surface area contributed by atoms with Gasteiger partial charge in [-0.3, -0.25) is 5.32 Å².